The average Bonchev–Trinajstić information content (AvgIpc) is 2.22. The van der Waals surface area contributed by atoms with Gasteiger partial charge < -0.3 is 9.47 Å². The molecule has 0 unspecified atom stereocenters. The van der Waals surface area contributed by atoms with Crippen molar-refractivity contribution in [2.45, 2.75) is 6.92 Å². The molecule has 0 aliphatic heterocycles. The lowest BCUT2D eigenvalue weighted by molar-refractivity contribution is 0.145. The van der Waals surface area contributed by atoms with E-state index in [2.05, 4.69) is 27.6 Å². The third-order valence-corrected chi connectivity index (χ3v) is 2.55. The number of aryl methyl sites for hydroxylation is 1. The minimum absolute atomic E-state index is 0.413. The Morgan fingerprint density at radius 1 is 1.53 bits per heavy atom. The van der Waals surface area contributed by atoms with E-state index in [0.717, 1.165) is 15.0 Å². The zero-order valence-corrected chi connectivity index (χ0v) is 10.7. The lowest BCUT2D eigenvalue weighted by atomic mass is 10.3. The smallest absolute Gasteiger partial charge is 0.154 e. The van der Waals surface area contributed by atoms with Gasteiger partial charge in [0.15, 0.2) is 5.75 Å². The fraction of sp³-hybridized carbons (Fsp3) is 0.400. The van der Waals surface area contributed by atoms with E-state index in [1.807, 2.05) is 13.0 Å². The molecular weight excluding hydrogens is 307 g/mol. The number of hydrogen-bond donors (Lipinski definition) is 0. The Morgan fingerprint density at radius 2 is 2.27 bits per heavy atom. The van der Waals surface area contributed by atoms with Crippen LogP contribution in [0.4, 0.5) is 0 Å². The summed E-state index contributed by atoms with van der Waals surface area (Å²) in [4.78, 5) is 4.10. The number of nitrogens with zero attached hydrogens (tertiary/aromatic N) is 2. The number of rotatable bonds is 4. The zero-order valence-electron chi connectivity index (χ0n) is 8.58. The first-order chi connectivity index (χ1) is 7.19. The van der Waals surface area contributed by atoms with Crippen molar-refractivity contribution in [3.63, 3.8) is 0 Å². The number of methoxy groups -OCH3 is 1. The van der Waals surface area contributed by atoms with Gasteiger partial charge in [-0.3, -0.25) is 0 Å². The zero-order chi connectivity index (χ0) is 11.3. The molecule has 0 N–H and O–H groups in total. The van der Waals surface area contributed by atoms with Gasteiger partial charge >= 0.3 is 0 Å². The van der Waals surface area contributed by atoms with Crippen LogP contribution in [0.15, 0.2) is 6.07 Å². The van der Waals surface area contributed by atoms with Crippen LogP contribution in [0.1, 0.15) is 11.4 Å². The Bertz CT molecular complexity index is 364. The molecule has 0 aliphatic rings. The number of pyridine rings is 1. The van der Waals surface area contributed by atoms with E-state index in [9.17, 15) is 0 Å². The maximum absolute atomic E-state index is 8.71. The third-order valence-electron chi connectivity index (χ3n) is 1.75. The number of nitriles is 1. The van der Waals surface area contributed by atoms with Gasteiger partial charge in [0.1, 0.15) is 18.4 Å². The third kappa shape index (κ3) is 3.32. The molecule has 1 aromatic rings. The van der Waals surface area contributed by atoms with E-state index in [4.69, 9.17) is 14.7 Å². The van der Waals surface area contributed by atoms with Crippen molar-refractivity contribution in [2.24, 2.45) is 0 Å². The van der Waals surface area contributed by atoms with Crippen molar-refractivity contribution in [3.05, 3.63) is 21.0 Å². The second-order valence-electron chi connectivity index (χ2n) is 2.86. The molecule has 0 aromatic carbocycles. The molecule has 0 aliphatic carbocycles. The average molecular weight is 318 g/mol. The molecule has 0 spiro atoms. The Morgan fingerprint density at radius 3 is 2.80 bits per heavy atom. The number of ether oxygens (including phenoxy) is 2. The van der Waals surface area contributed by atoms with E-state index in [1.54, 1.807) is 13.2 Å². The molecule has 15 heavy (non-hydrogen) atoms. The quantitative estimate of drug-likeness (QED) is 0.628. The van der Waals surface area contributed by atoms with Crippen molar-refractivity contribution < 1.29 is 9.47 Å². The lowest BCUT2D eigenvalue weighted by Crippen LogP contribution is -2.07. The van der Waals surface area contributed by atoms with E-state index in [1.165, 1.54) is 0 Å². The molecule has 1 heterocycles. The van der Waals surface area contributed by atoms with E-state index in [-0.39, 0.29) is 0 Å². The molecule has 0 saturated heterocycles. The fourth-order valence-corrected chi connectivity index (χ4v) is 1.92. The van der Waals surface area contributed by atoms with Crippen LogP contribution in [-0.2, 0) is 4.74 Å². The van der Waals surface area contributed by atoms with Crippen LogP contribution in [0.3, 0.4) is 0 Å². The van der Waals surface area contributed by atoms with Crippen LogP contribution >= 0.6 is 22.6 Å². The summed E-state index contributed by atoms with van der Waals surface area (Å²) in [5, 5.41) is 8.71. The van der Waals surface area contributed by atoms with Crippen molar-refractivity contribution >= 4 is 22.6 Å². The molecule has 0 bridgehead atoms. The summed E-state index contributed by atoms with van der Waals surface area (Å²) < 4.78 is 11.3. The maximum atomic E-state index is 8.71. The largest absolute Gasteiger partial charge is 0.488 e. The van der Waals surface area contributed by atoms with Crippen LogP contribution < -0.4 is 4.74 Å². The predicted molar refractivity (Wildman–Crippen MR) is 63.8 cm³/mol. The molecule has 0 fully saturated rings. The Labute approximate surface area is 102 Å². The standard InChI is InChI=1S/C10H11IN2O2/c1-7-10(15-4-3-14-2)9(11)5-8(6-12)13-7/h5H,3-4H2,1-2H3. The van der Waals surface area contributed by atoms with Crippen molar-refractivity contribution in [2.75, 3.05) is 20.3 Å². The molecule has 0 amide bonds. The van der Waals surface area contributed by atoms with Crippen LogP contribution in [0, 0.1) is 21.8 Å². The van der Waals surface area contributed by atoms with Gasteiger partial charge in [-0.25, -0.2) is 4.98 Å². The van der Waals surface area contributed by atoms with E-state index >= 15 is 0 Å². The van der Waals surface area contributed by atoms with Crippen molar-refractivity contribution in [1.82, 2.24) is 4.98 Å². The summed E-state index contributed by atoms with van der Waals surface area (Å²) in [5.41, 5.74) is 1.14. The SMILES string of the molecule is COCCOc1c(I)cc(C#N)nc1C. The van der Waals surface area contributed by atoms with Gasteiger partial charge in [-0.1, -0.05) is 0 Å². The summed E-state index contributed by atoms with van der Waals surface area (Å²) in [6.07, 6.45) is 0. The highest BCUT2D eigenvalue weighted by molar-refractivity contribution is 14.1. The fourth-order valence-electron chi connectivity index (χ4n) is 1.08. The van der Waals surface area contributed by atoms with Crippen molar-refractivity contribution in [1.29, 1.82) is 5.26 Å². The number of aromatic nitrogens is 1. The van der Waals surface area contributed by atoms with E-state index < -0.39 is 0 Å². The molecule has 80 valence electrons. The van der Waals surface area contributed by atoms with Crippen LogP contribution in [0.25, 0.3) is 0 Å². The monoisotopic (exact) mass is 318 g/mol. The van der Waals surface area contributed by atoms with E-state index in [0.29, 0.717) is 18.9 Å². The first-order valence-electron chi connectivity index (χ1n) is 4.38. The first kappa shape index (κ1) is 12.2. The summed E-state index contributed by atoms with van der Waals surface area (Å²) in [5.74, 6) is 0.728. The molecule has 0 saturated carbocycles. The van der Waals surface area contributed by atoms with Crippen LogP contribution in [0.2, 0.25) is 0 Å². The topological polar surface area (TPSA) is 55.1 Å². The minimum Gasteiger partial charge on any atom is -0.488 e. The van der Waals surface area contributed by atoms with Gasteiger partial charge in [0, 0.05) is 7.11 Å². The first-order valence-corrected chi connectivity index (χ1v) is 5.46. The lowest BCUT2D eigenvalue weighted by Gasteiger charge is -2.10. The van der Waals surface area contributed by atoms with Crippen LogP contribution in [-0.4, -0.2) is 25.3 Å². The Hall–Kier alpha value is -0.870. The number of halogens is 1. The molecular formula is C10H11IN2O2. The second-order valence-corrected chi connectivity index (χ2v) is 4.02. The highest BCUT2D eigenvalue weighted by Gasteiger charge is 2.08. The minimum atomic E-state index is 0.413. The molecule has 0 radical (unpaired) electrons. The van der Waals surface area contributed by atoms with Gasteiger partial charge in [-0.15, -0.1) is 0 Å². The molecule has 1 aromatic heterocycles. The molecule has 4 nitrogen and oxygen atoms in total. The normalized spacial score (nSPS) is 9.73. The summed E-state index contributed by atoms with van der Waals surface area (Å²) in [6, 6.07) is 3.71. The molecule has 0 atom stereocenters. The van der Waals surface area contributed by atoms with Gasteiger partial charge in [0.2, 0.25) is 0 Å². The van der Waals surface area contributed by atoms with Gasteiger partial charge in [-0.2, -0.15) is 5.26 Å². The second kappa shape index (κ2) is 5.88. The molecule has 5 heteroatoms. The Balaban J connectivity index is 2.85. The predicted octanol–water partition coefficient (Wildman–Crippen LogP) is 1.89. The Kier molecular flexibility index (Phi) is 4.78. The highest BCUT2D eigenvalue weighted by atomic mass is 127. The van der Waals surface area contributed by atoms with Crippen molar-refractivity contribution in [3.8, 4) is 11.8 Å². The summed E-state index contributed by atoms with van der Waals surface area (Å²) >= 11 is 2.13. The molecule has 1 rings (SSSR count). The van der Waals surface area contributed by atoms with Gasteiger partial charge in [-0.05, 0) is 35.6 Å². The highest BCUT2D eigenvalue weighted by Crippen LogP contribution is 2.24. The number of hydrogen-bond acceptors (Lipinski definition) is 4. The maximum Gasteiger partial charge on any atom is 0.154 e. The summed E-state index contributed by atoms with van der Waals surface area (Å²) in [7, 11) is 1.62. The van der Waals surface area contributed by atoms with Gasteiger partial charge in [0.05, 0.1) is 15.9 Å². The summed E-state index contributed by atoms with van der Waals surface area (Å²) in [6.45, 7) is 2.85. The van der Waals surface area contributed by atoms with Crippen LogP contribution in [0.5, 0.6) is 5.75 Å². The van der Waals surface area contributed by atoms with Gasteiger partial charge in [0.25, 0.3) is 0 Å².